The molecule has 40 heavy (non-hydrogen) atoms. The van der Waals surface area contributed by atoms with E-state index in [0.29, 0.717) is 18.7 Å². The van der Waals surface area contributed by atoms with Gasteiger partial charge >= 0.3 is 0 Å². The van der Waals surface area contributed by atoms with Gasteiger partial charge in [-0.05, 0) is 29.5 Å². The number of carbonyl (C=O) groups excluding carboxylic acids is 1. The van der Waals surface area contributed by atoms with Crippen molar-refractivity contribution in [1.82, 2.24) is 24.4 Å². The molecule has 0 fully saturated rings. The smallest absolute Gasteiger partial charge is 0.254 e. The minimum Gasteiger partial charge on any atom is -0.349 e. The molecule has 5 aromatic rings. The molecule has 5 rings (SSSR count). The van der Waals surface area contributed by atoms with Crippen LogP contribution >= 0.6 is 0 Å². The van der Waals surface area contributed by atoms with Crippen LogP contribution in [0.25, 0.3) is 11.3 Å². The molecule has 0 radical (unpaired) electrons. The largest absolute Gasteiger partial charge is 0.349 e. The van der Waals surface area contributed by atoms with Crippen molar-refractivity contribution in [2.45, 2.75) is 46.2 Å². The summed E-state index contributed by atoms with van der Waals surface area (Å²) in [5.74, 6) is 1.82. The standard InChI is InChI=1S/C34H37N5O/c1-34(2,3)31(39(23-13-20-30-35-21-22-36-30)33(40)28-18-11-6-12-19-28)32-37-29(27-16-9-5-10-17-27)25-38(32)24-26-14-7-4-8-15-26/h4-12,14-19,21-22,25,31H,13,20,23-24H2,1-3H3,(H,35,36). The summed E-state index contributed by atoms with van der Waals surface area (Å²) in [6, 6.07) is 30.0. The van der Waals surface area contributed by atoms with Crippen LogP contribution in [-0.4, -0.2) is 36.9 Å². The van der Waals surface area contributed by atoms with Crippen molar-refractivity contribution in [3.63, 3.8) is 0 Å². The van der Waals surface area contributed by atoms with Gasteiger partial charge in [0, 0.05) is 49.2 Å². The van der Waals surface area contributed by atoms with Gasteiger partial charge < -0.3 is 14.5 Å². The molecule has 1 amide bonds. The maximum absolute atomic E-state index is 14.2. The Morgan fingerprint density at radius 3 is 2.20 bits per heavy atom. The molecule has 0 aliphatic carbocycles. The lowest BCUT2D eigenvalue weighted by Gasteiger charge is -2.40. The van der Waals surface area contributed by atoms with E-state index in [4.69, 9.17) is 4.98 Å². The molecule has 0 spiro atoms. The zero-order valence-electron chi connectivity index (χ0n) is 23.5. The monoisotopic (exact) mass is 531 g/mol. The van der Waals surface area contributed by atoms with Crippen LogP contribution < -0.4 is 0 Å². The van der Waals surface area contributed by atoms with Gasteiger partial charge in [-0.3, -0.25) is 4.79 Å². The van der Waals surface area contributed by atoms with Gasteiger partial charge in [0.1, 0.15) is 11.6 Å². The van der Waals surface area contributed by atoms with Gasteiger partial charge in [0.25, 0.3) is 5.91 Å². The van der Waals surface area contributed by atoms with Crippen LogP contribution in [0, 0.1) is 5.41 Å². The van der Waals surface area contributed by atoms with Crippen molar-refractivity contribution in [2.24, 2.45) is 5.41 Å². The van der Waals surface area contributed by atoms with E-state index in [9.17, 15) is 4.79 Å². The highest BCUT2D eigenvalue weighted by Crippen LogP contribution is 2.40. The first-order chi connectivity index (χ1) is 19.4. The van der Waals surface area contributed by atoms with Crippen LogP contribution in [0.2, 0.25) is 0 Å². The van der Waals surface area contributed by atoms with E-state index >= 15 is 0 Å². The van der Waals surface area contributed by atoms with E-state index in [1.54, 1.807) is 6.20 Å². The number of nitrogens with one attached hydrogen (secondary N) is 1. The Morgan fingerprint density at radius 1 is 0.925 bits per heavy atom. The fraction of sp³-hybridized carbons (Fsp3) is 0.265. The number of carbonyl (C=O) groups is 1. The van der Waals surface area contributed by atoms with Gasteiger partial charge in [0.05, 0.1) is 11.7 Å². The third-order valence-electron chi connectivity index (χ3n) is 7.10. The van der Waals surface area contributed by atoms with Gasteiger partial charge in [-0.15, -0.1) is 0 Å². The molecule has 0 bridgehead atoms. The summed E-state index contributed by atoms with van der Waals surface area (Å²) in [6.07, 6.45) is 7.28. The molecule has 0 aliphatic heterocycles. The van der Waals surface area contributed by atoms with E-state index < -0.39 is 0 Å². The fourth-order valence-corrected chi connectivity index (χ4v) is 5.24. The molecular weight excluding hydrogens is 494 g/mol. The number of aromatic amines is 1. The Morgan fingerprint density at radius 2 is 1.57 bits per heavy atom. The molecular formula is C34H37N5O. The first kappa shape index (κ1) is 27.1. The molecule has 3 aromatic carbocycles. The maximum atomic E-state index is 14.2. The van der Waals surface area contributed by atoms with Crippen molar-refractivity contribution < 1.29 is 4.79 Å². The van der Waals surface area contributed by atoms with Crippen molar-refractivity contribution in [3.8, 4) is 11.3 Å². The normalized spacial score (nSPS) is 12.3. The number of H-pyrrole nitrogens is 1. The molecule has 2 aromatic heterocycles. The van der Waals surface area contributed by atoms with Crippen LogP contribution in [0.1, 0.15) is 60.8 Å². The second-order valence-electron chi connectivity index (χ2n) is 11.2. The third kappa shape index (κ3) is 6.40. The highest BCUT2D eigenvalue weighted by molar-refractivity contribution is 5.94. The number of hydrogen-bond acceptors (Lipinski definition) is 3. The lowest BCUT2D eigenvalue weighted by atomic mass is 9.84. The first-order valence-electron chi connectivity index (χ1n) is 13.9. The minimum absolute atomic E-state index is 0.00971. The molecule has 1 atom stereocenters. The second kappa shape index (κ2) is 12.2. The molecule has 1 unspecified atom stereocenters. The number of amides is 1. The lowest BCUT2D eigenvalue weighted by molar-refractivity contribution is 0.0480. The number of benzene rings is 3. The van der Waals surface area contributed by atoms with Crippen LogP contribution in [0.15, 0.2) is 110 Å². The van der Waals surface area contributed by atoms with Gasteiger partial charge in [-0.25, -0.2) is 9.97 Å². The number of aryl methyl sites for hydroxylation is 1. The highest BCUT2D eigenvalue weighted by Gasteiger charge is 2.38. The lowest BCUT2D eigenvalue weighted by Crippen LogP contribution is -2.43. The predicted molar refractivity (Wildman–Crippen MR) is 160 cm³/mol. The number of imidazole rings is 2. The van der Waals surface area contributed by atoms with E-state index in [2.05, 4.69) is 77.9 Å². The quantitative estimate of drug-likeness (QED) is 0.207. The van der Waals surface area contributed by atoms with Crippen LogP contribution in [0.4, 0.5) is 0 Å². The number of aromatic nitrogens is 4. The van der Waals surface area contributed by atoms with Crippen molar-refractivity contribution >= 4 is 5.91 Å². The van der Waals surface area contributed by atoms with Crippen molar-refractivity contribution in [1.29, 1.82) is 0 Å². The Labute approximate surface area is 236 Å². The minimum atomic E-state index is -0.289. The summed E-state index contributed by atoms with van der Waals surface area (Å²) in [5, 5.41) is 0. The Balaban J connectivity index is 1.59. The average molecular weight is 532 g/mol. The summed E-state index contributed by atoms with van der Waals surface area (Å²) in [7, 11) is 0. The predicted octanol–water partition coefficient (Wildman–Crippen LogP) is 7.18. The zero-order chi connectivity index (χ0) is 28.0. The van der Waals surface area contributed by atoms with Crippen LogP contribution in [0.3, 0.4) is 0 Å². The topological polar surface area (TPSA) is 66.8 Å². The Hall–Kier alpha value is -4.45. The third-order valence-corrected chi connectivity index (χ3v) is 7.10. The van der Waals surface area contributed by atoms with Gasteiger partial charge in [-0.1, -0.05) is 99.6 Å². The van der Waals surface area contributed by atoms with Gasteiger partial charge in [0.2, 0.25) is 0 Å². The molecule has 6 nitrogen and oxygen atoms in total. The Bertz CT molecular complexity index is 1490. The molecule has 0 saturated heterocycles. The highest BCUT2D eigenvalue weighted by atomic mass is 16.2. The molecule has 6 heteroatoms. The van der Waals surface area contributed by atoms with Crippen molar-refractivity contribution in [2.75, 3.05) is 6.54 Å². The summed E-state index contributed by atoms with van der Waals surface area (Å²) in [4.78, 5) is 29.1. The SMILES string of the molecule is CC(C)(C)C(c1nc(-c2ccccc2)cn1Cc1ccccc1)N(CCCc1ncc[nH]1)C(=O)c1ccccc1. The van der Waals surface area contributed by atoms with Crippen LogP contribution in [-0.2, 0) is 13.0 Å². The van der Waals surface area contributed by atoms with E-state index in [-0.39, 0.29) is 17.4 Å². The maximum Gasteiger partial charge on any atom is 0.254 e. The molecule has 204 valence electrons. The number of nitrogens with zero attached hydrogens (tertiary/aromatic N) is 4. The van der Waals surface area contributed by atoms with E-state index in [0.717, 1.165) is 35.7 Å². The van der Waals surface area contributed by atoms with Gasteiger partial charge in [-0.2, -0.15) is 0 Å². The average Bonchev–Trinajstić information content (AvgIpc) is 3.63. The molecule has 0 aliphatic rings. The van der Waals surface area contributed by atoms with Crippen molar-refractivity contribution in [3.05, 3.63) is 132 Å². The summed E-state index contributed by atoms with van der Waals surface area (Å²) >= 11 is 0. The second-order valence-corrected chi connectivity index (χ2v) is 11.2. The summed E-state index contributed by atoms with van der Waals surface area (Å²) in [6.45, 7) is 7.83. The first-order valence-corrected chi connectivity index (χ1v) is 13.9. The molecule has 1 N–H and O–H groups in total. The van der Waals surface area contributed by atoms with Gasteiger partial charge in [0.15, 0.2) is 0 Å². The van der Waals surface area contributed by atoms with Crippen LogP contribution in [0.5, 0.6) is 0 Å². The fourth-order valence-electron chi connectivity index (χ4n) is 5.24. The molecule has 2 heterocycles. The number of hydrogen-bond donors (Lipinski definition) is 1. The van der Waals surface area contributed by atoms with E-state index in [1.807, 2.05) is 65.7 Å². The summed E-state index contributed by atoms with van der Waals surface area (Å²) in [5.41, 5.74) is 3.54. The van der Waals surface area contributed by atoms with E-state index in [1.165, 1.54) is 5.56 Å². The summed E-state index contributed by atoms with van der Waals surface area (Å²) < 4.78 is 2.23. The Kier molecular flexibility index (Phi) is 8.25. The number of rotatable bonds is 10. The zero-order valence-corrected chi connectivity index (χ0v) is 23.5. The molecule has 0 saturated carbocycles.